The molecule has 0 unspecified atom stereocenters. The molecule has 2 heterocycles. The number of para-hydroxylation sites is 1. The summed E-state index contributed by atoms with van der Waals surface area (Å²) in [7, 11) is 0. The van der Waals surface area contributed by atoms with Gasteiger partial charge in [0.15, 0.2) is 18.5 Å². The van der Waals surface area contributed by atoms with Crippen molar-refractivity contribution in [2.75, 3.05) is 25.1 Å². The van der Waals surface area contributed by atoms with Gasteiger partial charge in [0.1, 0.15) is 18.0 Å². The van der Waals surface area contributed by atoms with Gasteiger partial charge in [-0.2, -0.15) is 0 Å². The highest BCUT2D eigenvalue weighted by atomic mass is 16.6. The largest absolute Gasteiger partial charge is 0.484 e. The van der Waals surface area contributed by atoms with Crippen LogP contribution < -0.4 is 15.4 Å². The Hall–Kier alpha value is -3.43. The summed E-state index contributed by atoms with van der Waals surface area (Å²) < 4.78 is 22.4. The monoisotopic (exact) mass is 440 g/mol. The maximum absolute atomic E-state index is 12.3. The zero-order valence-corrected chi connectivity index (χ0v) is 17.5. The lowest BCUT2D eigenvalue weighted by Gasteiger charge is -2.18. The first kappa shape index (κ1) is 21.8. The number of carbonyl (C=O) groups excluding carboxylic acids is 3. The van der Waals surface area contributed by atoms with Gasteiger partial charge in [-0.1, -0.05) is 18.2 Å². The van der Waals surface area contributed by atoms with Crippen molar-refractivity contribution in [1.29, 1.82) is 0 Å². The molecule has 4 rings (SSSR count). The van der Waals surface area contributed by atoms with Crippen molar-refractivity contribution >= 4 is 23.5 Å². The molecule has 9 heteroatoms. The van der Waals surface area contributed by atoms with Crippen LogP contribution in [0.2, 0.25) is 0 Å². The molecule has 0 aromatic heterocycles. The normalized spacial score (nSPS) is 23.8. The van der Waals surface area contributed by atoms with Crippen molar-refractivity contribution in [2.24, 2.45) is 0 Å². The van der Waals surface area contributed by atoms with Crippen LogP contribution in [0.15, 0.2) is 54.6 Å². The summed E-state index contributed by atoms with van der Waals surface area (Å²) in [5.41, 5.74) is 1.06. The topological polar surface area (TPSA) is 112 Å². The Kier molecular flexibility index (Phi) is 6.67. The van der Waals surface area contributed by atoms with Crippen molar-refractivity contribution < 1.29 is 33.3 Å². The van der Waals surface area contributed by atoms with Gasteiger partial charge >= 0.3 is 6.09 Å². The predicted octanol–water partition coefficient (Wildman–Crippen LogP) is 2.17. The summed E-state index contributed by atoms with van der Waals surface area (Å²) in [6.07, 6.45) is -2.13. The SMILES string of the molecule is CC(=O)c1ccc(NC(=O)O[C@@H]2CO[C@H]3[C@@H]2OC[C@@H]3NC(=O)COc2ccccc2)cc1. The minimum absolute atomic E-state index is 0.0556. The maximum atomic E-state index is 12.3. The van der Waals surface area contributed by atoms with E-state index >= 15 is 0 Å². The number of ether oxygens (including phenoxy) is 4. The molecule has 2 amide bonds. The van der Waals surface area contributed by atoms with E-state index in [4.69, 9.17) is 18.9 Å². The molecule has 0 saturated carbocycles. The summed E-state index contributed by atoms with van der Waals surface area (Å²) in [5, 5.41) is 5.47. The highest BCUT2D eigenvalue weighted by Crippen LogP contribution is 2.29. The standard InChI is InChI=1S/C23H24N2O7/c1-14(26)15-7-9-16(10-8-15)24-23(28)32-19-12-31-21-18(11-30-22(19)21)25-20(27)13-29-17-5-3-2-4-6-17/h2-10,18-19,21-22H,11-13H2,1H3,(H,24,28)(H,25,27)/t18-,19+,21+,22+/m0/s1. The van der Waals surface area contributed by atoms with Crippen LogP contribution in [0.3, 0.4) is 0 Å². The number of hydrogen-bond acceptors (Lipinski definition) is 7. The second-order valence-corrected chi connectivity index (χ2v) is 7.57. The zero-order valence-electron chi connectivity index (χ0n) is 17.5. The molecule has 2 aliphatic heterocycles. The Morgan fingerprint density at radius 2 is 1.69 bits per heavy atom. The third kappa shape index (κ3) is 5.24. The van der Waals surface area contributed by atoms with Crippen molar-refractivity contribution in [2.45, 2.75) is 31.3 Å². The van der Waals surface area contributed by atoms with Gasteiger partial charge in [0.25, 0.3) is 5.91 Å². The van der Waals surface area contributed by atoms with E-state index < -0.39 is 24.4 Å². The lowest BCUT2D eigenvalue weighted by Crippen LogP contribution is -2.46. The molecule has 168 valence electrons. The van der Waals surface area contributed by atoms with E-state index in [1.54, 1.807) is 36.4 Å². The highest BCUT2D eigenvalue weighted by molar-refractivity contribution is 5.95. The number of ketones is 1. The molecule has 0 bridgehead atoms. The van der Waals surface area contributed by atoms with Gasteiger partial charge in [-0.3, -0.25) is 14.9 Å². The first-order valence-electron chi connectivity index (χ1n) is 10.3. The van der Waals surface area contributed by atoms with Gasteiger partial charge in [0, 0.05) is 11.3 Å². The van der Waals surface area contributed by atoms with Gasteiger partial charge in [-0.15, -0.1) is 0 Å². The van der Waals surface area contributed by atoms with E-state index in [1.807, 2.05) is 18.2 Å². The number of Topliss-reactive ketones (excluding diaryl/α,β-unsaturated/α-hetero) is 1. The summed E-state index contributed by atoms with van der Waals surface area (Å²) in [4.78, 5) is 35.8. The Bertz CT molecular complexity index is 964. The molecule has 0 aliphatic carbocycles. The van der Waals surface area contributed by atoms with E-state index in [0.29, 0.717) is 17.0 Å². The average molecular weight is 440 g/mol. The van der Waals surface area contributed by atoms with Gasteiger partial charge in [0.05, 0.1) is 19.3 Å². The molecule has 0 radical (unpaired) electrons. The van der Waals surface area contributed by atoms with Crippen LogP contribution in [-0.2, 0) is 19.0 Å². The van der Waals surface area contributed by atoms with Crippen LogP contribution in [0.4, 0.5) is 10.5 Å². The van der Waals surface area contributed by atoms with Crippen molar-refractivity contribution in [3.05, 3.63) is 60.2 Å². The van der Waals surface area contributed by atoms with E-state index in [2.05, 4.69) is 10.6 Å². The van der Waals surface area contributed by atoms with Crippen molar-refractivity contribution in [3.8, 4) is 5.75 Å². The van der Waals surface area contributed by atoms with E-state index in [-0.39, 0.29) is 37.6 Å². The highest BCUT2D eigenvalue weighted by Gasteiger charge is 2.50. The van der Waals surface area contributed by atoms with Crippen molar-refractivity contribution in [3.63, 3.8) is 0 Å². The number of anilines is 1. The van der Waals surface area contributed by atoms with Gasteiger partial charge in [-0.05, 0) is 43.3 Å². The van der Waals surface area contributed by atoms with Crippen LogP contribution in [0, 0.1) is 0 Å². The van der Waals surface area contributed by atoms with E-state index in [0.717, 1.165) is 0 Å². The first-order valence-corrected chi connectivity index (χ1v) is 10.3. The molecule has 32 heavy (non-hydrogen) atoms. The Morgan fingerprint density at radius 1 is 0.969 bits per heavy atom. The Labute approximate surface area is 185 Å². The summed E-state index contributed by atoms with van der Waals surface area (Å²) in [5.74, 6) is 0.262. The van der Waals surface area contributed by atoms with Crippen molar-refractivity contribution in [1.82, 2.24) is 5.32 Å². The smallest absolute Gasteiger partial charge is 0.412 e. The Morgan fingerprint density at radius 3 is 2.41 bits per heavy atom. The lowest BCUT2D eigenvalue weighted by molar-refractivity contribution is -0.124. The number of nitrogens with one attached hydrogen (secondary N) is 2. The fourth-order valence-electron chi connectivity index (χ4n) is 3.68. The van der Waals surface area contributed by atoms with Crippen LogP contribution in [0.25, 0.3) is 0 Å². The number of hydrogen-bond donors (Lipinski definition) is 2. The number of benzene rings is 2. The fraction of sp³-hybridized carbons (Fsp3) is 0.348. The quantitative estimate of drug-likeness (QED) is 0.635. The molecule has 2 aromatic rings. The number of fused-ring (bicyclic) bond motifs is 1. The Balaban J connectivity index is 1.24. The molecule has 2 saturated heterocycles. The molecule has 2 fully saturated rings. The number of rotatable bonds is 7. The van der Waals surface area contributed by atoms with E-state index in [9.17, 15) is 14.4 Å². The maximum Gasteiger partial charge on any atom is 0.412 e. The second kappa shape index (κ2) is 9.80. The van der Waals surface area contributed by atoms with Crippen LogP contribution in [0.1, 0.15) is 17.3 Å². The summed E-state index contributed by atoms with van der Waals surface area (Å²) >= 11 is 0. The van der Waals surface area contributed by atoms with Crippen LogP contribution in [0.5, 0.6) is 5.75 Å². The fourth-order valence-corrected chi connectivity index (χ4v) is 3.68. The minimum atomic E-state index is -0.651. The molecule has 2 aliphatic rings. The second-order valence-electron chi connectivity index (χ2n) is 7.57. The van der Waals surface area contributed by atoms with Crippen LogP contribution in [-0.4, -0.2) is 62.0 Å². The summed E-state index contributed by atoms with van der Waals surface area (Å²) in [6, 6.07) is 15.2. The third-order valence-corrected chi connectivity index (χ3v) is 5.26. The molecule has 0 spiro atoms. The van der Waals surface area contributed by atoms with E-state index in [1.165, 1.54) is 6.92 Å². The third-order valence-electron chi connectivity index (χ3n) is 5.26. The number of carbonyl (C=O) groups is 3. The number of amides is 2. The molecular weight excluding hydrogens is 416 g/mol. The van der Waals surface area contributed by atoms with Gasteiger partial charge in [-0.25, -0.2) is 4.79 Å². The van der Waals surface area contributed by atoms with Crippen LogP contribution >= 0.6 is 0 Å². The molecule has 2 N–H and O–H groups in total. The lowest BCUT2D eigenvalue weighted by atomic mass is 10.1. The molecular formula is C23H24N2O7. The predicted molar refractivity (Wildman–Crippen MR) is 114 cm³/mol. The molecule has 4 atom stereocenters. The van der Waals surface area contributed by atoms with Gasteiger partial charge in [0.2, 0.25) is 0 Å². The molecule has 9 nitrogen and oxygen atoms in total. The minimum Gasteiger partial charge on any atom is -0.484 e. The average Bonchev–Trinajstić information content (AvgIpc) is 3.37. The first-order chi connectivity index (χ1) is 15.5. The molecule has 2 aromatic carbocycles. The van der Waals surface area contributed by atoms with Gasteiger partial charge < -0.3 is 24.3 Å². The zero-order chi connectivity index (χ0) is 22.5. The summed E-state index contributed by atoms with van der Waals surface area (Å²) in [6.45, 7) is 1.77.